The van der Waals surface area contributed by atoms with Crippen molar-refractivity contribution in [2.24, 2.45) is 10.7 Å². The quantitative estimate of drug-likeness (QED) is 0.562. The molecule has 2 rings (SSSR count). The molecular weight excluding hydrogens is 326 g/mol. The maximum absolute atomic E-state index is 5.99. The minimum absolute atomic E-state index is 0.125. The first-order valence-electron chi connectivity index (χ1n) is 8.91. The molecule has 0 aromatic heterocycles. The standard InChI is InChI=1S/C21H29N3O2/c1-15(2)26-20-13-16(3)5-8-18(20)14-24-21(22)23-12-11-17-6-9-19(25-4)10-7-17/h5-10,13,15H,11-12,14H2,1-4H3,(H3,22,23,24). The third-order valence-corrected chi connectivity index (χ3v) is 3.88. The van der Waals surface area contributed by atoms with E-state index in [1.165, 1.54) is 11.1 Å². The van der Waals surface area contributed by atoms with Gasteiger partial charge in [0.05, 0.1) is 19.8 Å². The van der Waals surface area contributed by atoms with Crippen LogP contribution in [0.5, 0.6) is 11.5 Å². The normalized spacial score (nSPS) is 11.5. The van der Waals surface area contributed by atoms with E-state index in [0.717, 1.165) is 30.0 Å². The van der Waals surface area contributed by atoms with Crippen molar-refractivity contribution < 1.29 is 9.47 Å². The molecule has 26 heavy (non-hydrogen) atoms. The molecule has 5 heteroatoms. The monoisotopic (exact) mass is 355 g/mol. The number of aliphatic imine (C=N–C) groups is 1. The van der Waals surface area contributed by atoms with Gasteiger partial charge in [-0.15, -0.1) is 0 Å². The summed E-state index contributed by atoms with van der Waals surface area (Å²) in [5.41, 5.74) is 9.41. The minimum Gasteiger partial charge on any atom is -0.497 e. The molecule has 0 radical (unpaired) electrons. The van der Waals surface area contributed by atoms with E-state index in [9.17, 15) is 0 Å². The molecule has 0 fully saturated rings. The van der Waals surface area contributed by atoms with Gasteiger partial charge in [-0.25, -0.2) is 4.99 Å². The van der Waals surface area contributed by atoms with Crippen molar-refractivity contribution in [1.82, 2.24) is 5.32 Å². The van der Waals surface area contributed by atoms with Gasteiger partial charge in [0, 0.05) is 12.1 Å². The number of methoxy groups -OCH3 is 1. The van der Waals surface area contributed by atoms with Crippen molar-refractivity contribution >= 4 is 5.96 Å². The number of rotatable bonds is 8. The Morgan fingerprint density at radius 3 is 2.54 bits per heavy atom. The molecule has 5 nitrogen and oxygen atoms in total. The van der Waals surface area contributed by atoms with Crippen LogP contribution in [0.15, 0.2) is 47.5 Å². The molecule has 0 amide bonds. The molecule has 0 bridgehead atoms. The molecule has 0 aliphatic carbocycles. The molecule has 0 saturated heterocycles. The Morgan fingerprint density at radius 2 is 1.88 bits per heavy atom. The van der Waals surface area contributed by atoms with Crippen LogP contribution in [0.4, 0.5) is 0 Å². The van der Waals surface area contributed by atoms with E-state index in [1.54, 1.807) is 7.11 Å². The summed E-state index contributed by atoms with van der Waals surface area (Å²) < 4.78 is 11.0. The van der Waals surface area contributed by atoms with Gasteiger partial charge >= 0.3 is 0 Å². The van der Waals surface area contributed by atoms with Gasteiger partial charge in [0.1, 0.15) is 11.5 Å². The van der Waals surface area contributed by atoms with E-state index in [0.29, 0.717) is 12.5 Å². The molecule has 0 aliphatic rings. The molecule has 0 spiro atoms. The fraction of sp³-hybridized carbons (Fsp3) is 0.381. The summed E-state index contributed by atoms with van der Waals surface area (Å²) in [6.45, 7) is 7.30. The Hall–Kier alpha value is -2.69. The SMILES string of the molecule is COc1ccc(CCNC(N)=NCc2ccc(C)cc2OC(C)C)cc1. The largest absolute Gasteiger partial charge is 0.497 e. The maximum atomic E-state index is 5.99. The number of hydrogen-bond acceptors (Lipinski definition) is 3. The van der Waals surface area contributed by atoms with Gasteiger partial charge in [-0.3, -0.25) is 0 Å². The molecule has 0 unspecified atom stereocenters. The second-order valence-corrected chi connectivity index (χ2v) is 6.50. The molecular formula is C21H29N3O2. The molecule has 3 N–H and O–H groups in total. The van der Waals surface area contributed by atoms with Gasteiger partial charge in [0.15, 0.2) is 5.96 Å². The van der Waals surface area contributed by atoms with Gasteiger partial charge in [-0.2, -0.15) is 0 Å². The predicted molar refractivity (Wildman–Crippen MR) is 107 cm³/mol. The average Bonchev–Trinajstić information content (AvgIpc) is 2.61. The number of nitrogens with zero attached hydrogens (tertiary/aromatic N) is 1. The van der Waals surface area contributed by atoms with Crippen LogP contribution in [-0.4, -0.2) is 25.7 Å². The molecule has 0 aliphatic heterocycles. The van der Waals surface area contributed by atoms with Crippen molar-refractivity contribution in [2.45, 2.75) is 39.8 Å². The summed E-state index contributed by atoms with van der Waals surface area (Å²) in [7, 11) is 1.67. The summed E-state index contributed by atoms with van der Waals surface area (Å²) >= 11 is 0. The minimum atomic E-state index is 0.125. The highest BCUT2D eigenvalue weighted by atomic mass is 16.5. The summed E-state index contributed by atoms with van der Waals surface area (Å²) in [4.78, 5) is 4.43. The van der Waals surface area contributed by atoms with Crippen LogP contribution in [0.25, 0.3) is 0 Å². The van der Waals surface area contributed by atoms with Crippen LogP contribution in [0.2, 0.25) is 0 Å². The van der Waals surface area contributed by atoms with Crippen LogP contribution in [-0.2, 0) is 13.0 Å². The van der Waals surface area contributed by atoms with Crippen LogP contribution < -0.4 is 20.5 Å². The van der Waals surface area contributed by atoms with Crippen molar-refractivity contribution in [2.75, 3.05) is 13.7 Å². The predicted octanol–water partition coefficient (Wildman–Crippen LogP) is 3.44. The van der Waals surface area contributed by atoms with E-state index < -0.39 is 0 Å². The summed E-state index contributed by atoms with van der Waals surface area (Å²) in [6, 6.07) is 14.2. The maximum Gasteiger partial charge on any atom is 0.188 e. The van der Waals surface area contributed by atoms with Crippen LogP contribution in [0.3, 0.4) is 0 Å². The number of hydrogen-bond donors (Lipinski definition) is 2. The van der Waals surface area contributed by atoms with Gasteiger partial charge in [-0.05, 0) is 56.5 Å². The van der Waals surface area contributed by atoms with Crippen molar-refractivity contribution in [3.05, 3.63) is 59.2 Å². The first kappa shape index (κ1) is 19.6. The number of nitrogens with two attached hydrogens (primary N) is 1. The third-order valence-electron chi connectivity index (χ3n) is 3.88. The molecule has 0 heterocycles. The van der Waals surface area contributed by atoms with Gasteiger partial charge in [0.25, 0.3) is 0 Å². The number of guanidine groups is 1. The number of aryl methyl sites for hydroxylation is 1. The van der Waals surface area contributed by atoms with E-state index in [2.05, 4.69) is 35.4 Å². The second-order valence-electron chi connectivity index (χ2n) is 6.50. The zero-order chi connectivity index (χ0) is 18.9. The van der Waals surface area contributed by atoms with E-state index in [1.807, 2.05) is 38.1 Å². The third kappa shape index (κ3) is 6.31. The summed E-state index contributed by atoms with van der Waals surface area (Å²) in [5.74, 6) is 2.17. The lowest BCUT2D eigenvalue weighted by molar-refractivity contribution is 0.240. The molecule has 0 atom stereocenters. The summed E-state index contributed by atoms with van der Waals surface area (Å²) in [6.07, 6.45) is 0.992. The Kier molecular flexibility index (Phi) is 7.33. The second kappa shape index (κ2) is 9.70. The molecule has 2 aromatic carbocycles. The Morgan fingerprint density at radius 1 is 1.15 bits per heavy atom. The Balaban J connectivity index is 1.87. The smallest absolute Gasteiger partial charge is 0.188 e. The van der Waals surface area contributed by atoms with Crippen LogP contribution in [0, 0.1) is 6.92 Å². The fourth-order valence-corrected chi connectivity index (χ4v) is 2.51. The van der Waals surface area contributed by atoms with Crippen molar-refractivity contribution in [3.63, 3.8) is 0 Å². The lowest BCUT2D eigenvalue weighted by atomic mass is 10.1. The van der Waals surface area contributed by atoms with E-state index >= 15 is 0 Å². The highest BCUT2D eigenvalue weighted by Gasteiger charge is 2.06. The molecule has 140 valence electrons. The lowest BCUT2D eigenvalue weighted by Crippen LogP contribution is -2.33. The van der Waals surface area contributed by atoms with Gasteiger partial charge < -0.3 is 20.5 Å². The van der Waals surface area contributed by atoms with Crippen LogP contribution in [0.1, 0.15) is 30.5 Å². The van der Waals surface area contributed by atoms with Crippen molar-refractivity contribution in [1.29, 1.82) is 0 Å². The van der Waals surface area contributed by atoms with Gasteiger partial charge in [-0.1, -0.05) is 24.3 Å². The fourth-order valence-electron chi connectivity index (χ4n) is 2.51. The number of benzene rings is 2. The molecule has 0 saturated carbocycles. The van der Waals surface area contributed by atoms with Crippen LogP contribution >= 0.6 is 0 Å². The lowest BCUT2D eigenvalue weighted by Gasteiger charge is -2.14. The zero-order valence-corrected chi connectivity index (χ0v) is 16.1. The Labute approximate surface area is 156 Å². The van der Waals surface area contributed by atoms with Gasteiger partial charge in [0.2, 0.25) is 0 Å². The first-order valence-corrected chi connectivity index (χ1v) is 8.91. The zero-order valence-electron chi connectivity index (χ0n) is 16.1. The van der Waals surface area contributed by atoms with E-state index in [4.69, 9.17) is 15.2 Å². The highest BCUT2D eigenvalue weighted by Crippen LogP contribution is 2.22. The first-order chi connectivity index (χ1) is 12.5. The summed E-state index contributed by atoms with van der Waals surface area (Å²) in [5, 5.41) is 3.16. The number of ether oxygens (including phenoxy) is 2. The Bertz CT molecular complexity index is 725. The topological polar surface area (TPSA) is 68.9 Å². The average molecular weight is 355 g/mol. The number of nitrogens with one attached hydrogen (secondary N) is 1. The van der Waals surface area contributed by atoms with E-state index in [-0.39, 0.29) is 6.10 Å². The highest BCUT2D eigenvalue weighted by molar-refractivity contribution is 5.77. The molecule has 2 aromatic rings. The van der Waals surface area contributed by atoms with Crippen molar-refractivity contribution in [3.8, 4) is 11.5 Å².